The lowest BCUT2D eigenvalue weighted by Gasteiger charge is -2.25. The molecule has 2 atom stereocenters. The van der Waals surface area contributed by atoms with E-state index in [0.717, 1.165) is 24.3 Å². The Morgan fingerprint density at radius 3 is 2.20 bits per heavy atom. The predicted molar refractivity (Wildman–Crippen MR) is 84.7 cm³/mol. The molecule has 3 nitrogen and oxygen atoms in total. The second kappa shape index (κ2) is 8.85. The Hall–Kier alpha value is -1.22. The average molecular weight is 279 g/mol. The lowest BCUT2D eigenvalue weighted by atomic mass is 10.0. The third-order valence-corrected chi connectivity index (χ3v) is 3.79. The summed E-state index contributed by atoms with van der Waals surface area (Å²) in [6.07, 6.45) is 4.67. The van der Waals surface area contributed by atoms with E-state index in [0.29, 0.717) is 12.1 Å². The van der Waals surface area contributed by atoms with Gasteiger partial charge in [0.2, 0.25) is 0 Å². The fourth-order valence-electron chi connectivity index (χ4n) is 2.56. The highest BCUT2D eigenvalue weighted by Crippen LogP contribution is 2.31. The SMILES string of the molecule is CCCC(CC)NC(CC)c1ccc(OC)c(OC)c1. The van der Waals surface area contributed by atoms with Crippen molar-refractivity contribution in [3.8, 4) is 11.5 Å². The van der Waals surface area contributed by atoms with Crippen molar-refractivity contribution in [3.05, 3.63) is 23.8 Å². The highest BCUT2D eigenvalue weighted by atomic mass is 16.5. The van der Waals surface area contributed by atoms with Gasteiger partial charge < -0.3 is 14.8 Å². The van der Waals surface area contributed by atoms with Gasteiger partial charge in [-0.1, -0.05) is 33.3 Å². The van der Waals surface area contributed by atoms with Crippen LogP contribution in [-0.2, 0) is 0 Å². The van der Waals surface area contributed by atoms with Crippen molar-refractivity contribution in [2.45, 2.75) is 58.5 Å². The van der Waals surface area contributed by atoms with Gasteiger partial charge in [-0.25, -0.2) is 0 Å². The van der Waals surface area contributed by atoms with Gasteiger partial charge in [-0.2, -0.15) is 0 Å². The summed E-state index contributed by atoms with van der Waals surface area (Å²) in [4.78, 5) is 0. The van der Waals surface area contributed by atoms with Gasteiger partial charge in [-0.3, -0.25) is 0 Å². The smallest absolute Gasteiger partial charge is 0.161 e. The van der Waals surface area contributed by atoms with E-state index >= 15 is 0 Å². The standard InChI is InChI=1S/C17H29NO2/c1-6-9-14(7-2)18-15(8-3)13-10-11-16(19-4)17(12-13)20-5/h10-12,14-15,18H,6-9H2,1-5H3. The fraction of sp³-hybridized carbons (Fsp3) is 0.647. The zero-order valence-corrected chi connectivity index (χ0v) is 13.5. The van der Waals surface area contributed by atoms with Crippen molar-refractivity contribution in [1.29, 1.82) is 0 Å². The summed E-state index contributed by atoms with van der Waals surface area (Å²) in [5.74, 6) is 1.58. The summed E-state index contributed by atoms with van der Waals surface area (Å²) in [7, 11) is 3.35. The highest BCUT2D eigenvalue weighted by Gasteiger charge is 2.16. The summed E-state index contributed by atoms with van der Waals surface area (Å²) >= 11 is 0. The molecule has 0 aliphatic rings. The number of hydrogen-bond donors (Lipinski definition) is 1. The molecule has 1 aromatic carbocycles. The maximum atomic E-state index is 5.40. The first kappa shape index (κ1) is 16.8. The maximum absolute atomic E-state index is 5.40. The van der Waals surface area contributed by atoms with Gasteiger partial charge >= 0.3 is 0 Å². The molecule has 0 saturated heterocycles. The molecule has 114 valence electrons. The monoisotopic (exact) mass is 279 g/mol. The van der Waals surface area contributed by atoms with Gasteiger partial charge in [0, 0.05) is 12.1 Å². The van der Waals surface area contributed by atoms with E-state index in [2.05, 4.69) is 38.2 Å². The number of methoxy groups -OCH3 is 2. The number of rotatable bonds is 9. The fourth-order valence-corrected chi connectivity index (χ4v) is 2.56. The summed E-state index contributed by atoms with van der Waals surface area (Å²) in [6.45, 7) is 6.70. The average Bonchev–Trinajstić information content (AvgIpc) is 2.50. The van der Waals surface area contributed by atoms with Crippen LogP contribution in [0.3, 0.4) is 0 Å². The Morgan fingerprint density at radius 2 is 1.70 bits per heavy atom. The van der Waals surface area contributed by atoms with Gasteiger partial charge in [-0.05, 0) is 37.0 Å². The van der Waals surface area contributed by atoms with E-state index < -0.39 is 0 Å². The summed E-state index contributed by atoms with van der Waals surface area (Å²) in [5.41, 5.74) is 1.26. The number of benzene rings is 1. The topological polar surface area (TPSA) is 30.5 Å². The van der Waals surface area contributed by atoms with Crippen molar-refractivity contribution in [2.24, 2.45) is 0 Å². The van der Waals surface area contributed by atoms with Crippen LogP contribution in [0.1, 0.15) is 58.1 Å². The highest BCUT2D eigenvalue weighted by molar-refractivity contribution is 5.43. The number of ether oxygens (including phenoxy) is 2. The van der Waals surface area contributed by atoms with Crippen molar-refractivity contribution in [3.63, 3.8) is 0 Å². The van der Waals surface area contributed by atoms with Crippen molar-refractivity contribution in [1.82, 2.24) is 5.32 Å². The Kier molecular flexibility index (Phi) is 7.45. The van der Waals surface area contributed by atoms with E-state index in [4.69, 9.17) is 9.47 Å². The second-order valence-electron chi connectivity index (χ2n) is 5.14. The molecule has 0 spiro atoms. The molecule has 0 bridgehead atoms. The van der Waals surface area contributed by atoms with Gasteiger partial charge in [0.05, 0.1) is 14.2 Å². The molecule has 0 amide bonds. The molecule has 0 heterocycles. The minimum Gasteiger partial charge on any atom is -0.493 e. The van der Waals surface area contributed by atoms with Crippen molar-refractivity contribution < 1.29 is 9.47 Å². The molecule has 0 radical (unpaired) electrons. The van der Waals surface area contributed by atoms with Crippen LogP contribution in [0.5, 0.6) is 11.5 Å². The van der Waals surface area contributed by atoms with Crippen LogP contribution in [0.4, 0.5) is 0 Å². The van der Waals surface area contributed by atoms with E-state index in [9.17, 15) is 0 Å². The molecule has 1 rings (SSSR count). The largest absolute Gasteiger partial charge is 0.493 e. The molecule has 1 N–H and O–H groups in total. The van der Waals surface area contributed by atoms with E-state index in [-0.39, 0.29) is 0 Å². The van der Waals surface area contributed by atoms with E-state index in [1.54, 1.807) is 14.2 Å². The molecule has 2 unspecified atom stereocenters. The van der Waals surface area contributed by atoms with Gasteiger partial charge in [0.1, 0.15) is 0 Å². The molecule has 0 fully saturated rings. The zero-order valence-electron chi connectivity index (χ0n) is 13.5. The molecule has 1 aromatic rings. The molecule has 3 heteroatoms. The summed E-state index contributed by atoms with van der Waals surface area (Å²) in [6, 6.07) is 7.14. The first-order valence-electron chi connectivity index (χ1n) is 7.67. The van der Waals surface area contributed by atoms with Gasteiger partial charge in [0.15, 0.2) is 11.5 Å². The Morgan fingerprint density at radius 1 is 1.00 bits per heavy atom. The van der Waals surface area contributed by atoms with Gasteiger partial charge in [-0.15, -0.1) is 0 Å². The minimum atomic E-state index is 0.367. The molecule has 0 aliphatic carbocycles. The molecule has 0 aliphatic heterocycles. The molecular weight excluding hydrogens is 250 g/mol. The van der Waals surface area contributed by atoms with Crippen LogP contribution in [0, 0.1) is 0 Å². The molecule has 0 aromatic heterocycles. The van der Waals surface area contributed by atoms with Crippen molar-refractivity contribution in [2.75, 3.05) is 14.2 Å². The molecular formula is C17H29NO2. The maximum Gasteiger partial charge on any atom is 0.161 e. The van der Waals surface area contributed by atoms with Crippen LogP contribution in [0.25, 0.3) is 0 Å². The quantitative estimate of drug-likeness (QED) is 0.730. The third-order valence-electron chi connectivity index (χ3n) is 3.79. The molecule has 20 heavy (non-hydrogen) atoms. The van der Waals surface area contributed by atoms with Crippen molar-refractivity contribution >= 4 is 0 Å². The third kappa shape index (κ3) is 4.41. The molecule has 0 saturated carbocycles. The van der Waals surface area contributed by atoms with Crippen LogP contribution < -0.4 is 14.8 Å². The Labute approximate surface area is 123 Å². The lowest BCUT2D eigenvalue weighted by molar-refractivity contribution is 0.352. The predicted octanol–water partition coefficient (Wildman–Crippen LogP) is 4.32. The number of nitrogens with one attached hydrogen (secondary N) is 1. The summed E-state index contributed by atoms with van der Waals surface area (Å²) in [5, 5.41) is 3.76. The van der Waals surface area contributed by atoms with Crippen LogP contribution in [0.2, 0.25) is 0 Å². The van der Waals surface area contributed by atoms with Crippen LogP contribution >= 0.6 is 0 Å². The first-order valence-corrected chi connectivity index (χ1v) is 7.67. The number of hydrogen-bond acceptors (Lipinski definition) is 3. The Bertz CT molecular complexity index is 393. The van der Waals surface area contributed by atoms with E-state index in [1.165, 1.54) is 18.4 Å². The lowest BCUT2D eigenvalue weighted by Crippen LogP contribution is -2.32. The van der Waals surface area contributed by atoms with Crippen LogP contribution in [-0.4, -0.2) is 20.3 Å². The minimum absolute atomic E-state index is 0.367. The van der Waals surface area contributed by atoms with Gasteiger partial charge in [0.25, 0.3) is 0 Å². The zero-order chi connectivity index (χ0) is 15.0. The Balaban J connectivity index is 2.88. The first-order chi connectivity index (χ1) is 9.69. The van der Waals surface area contributed by atoms with Crippen LogP contribution in [0.15, 0.2) is 18.2 Å². The second-order valence-corrected chi connectivity index (χ2v) is 5.14. The summed E-state index contributed by atoms with van der Waals surface area (Å²) < 4.78 is 10.7. The normalized spacial score (nSPS) is 13.8. The van der Waals surface area contributed by atoms with E-state index in [1.807, 2.05) is 6.07 Å².